The molecular formula is C10H2I2N2O4. The summed E-state index contributed by atoms with van der Waals surface area (Å²) < 4.78 is 1.88. The summed E-state index contributed by atoms with van der Waals surface area (Å²) >= 11 is 3.20. The van der Waals surface area contributed by atoms with Crippen LogP contribution in [-0.2, 0) is 0 Å². The van der Waals surface area contributed by atoms with Crippen molar-refractivity contribution in [3.05, 3.63) is 53.5 Å². The van der Waals surface area contributed by atoms with E-state index >= 15 is 0 Å². The SMILES string of the molecule is O=c1c2cc3c(=O)n(I)c(=O)c3cc2c(=O)n1I. The second kappa shape index (κ2) is 3.73. The maximum atomic E-state index is 11.8. The summed E-state index contributed by atoms with van der Waals surface area (Å²) in [7, 11) is 0. The molecule has 0 radical (unpaired) electrons. The lowest BCUT2D eigenvalue weighted by molar-refractivity contribution is 1.21. The highest BCUT2D eigenvalue weighted by atomic mass is 127. The van der Waals surface area contributed by atoms with Gasteiger partial charge in [-0.05, 0) is 12.1 Å². The molecule has 0 fully saturated rings. The van der Waals surface area contributed by atoms with E-state index in [1.165, 1.54) is 12.1 Å². The van der Waals surface area contributed by atoms with Crippen LogP contribution in [0.2, 0.25) is 0 Å². The standard InChI is InChI=1S/C10H2I2N2O4/c11-13-7(15)3-1-4-6(2-5(3)9(13)17)10(18)14(12)8(4)16/h1-2H. The first kappa shape index (κ1) is 12.0. The van der Waals surface area contributed by atoms with Gasteiger partial charge in [0.05, 0.1) is 67.3 Å². The van der Waals surface area contributed by atoms with Crippen molar-refractivity contribution in [1.82, 2.24) is 5.56 Å². The molecule has 0 unspecified atom stereocenters. The summed E-state index contributed by atoms with van der Waals surface area (Å²) in [6.07, 6.45) is 0. The van der Waals surface area contributed by atoms with Crippen LogP contribution >= 0.6 is 45.7 Å². The van der Waals surface area contributed by atoms with Gasteiger partial charge in [0.15, 0.2) is 0 Å². The lowest BCUT2D eigenvalue weighted by Crippen LogP contribution is -2.16. The third-order valence-corrected chi connectivity index (χ3v) is 4.55. The molecule has 6 nitrogen and oxygen atoms in total. The van der Waals surface area contributed by atoms with Gasteiger partial charge in [-0.1, -0.05) is 0 Å². The molecular weight excluding hydrogens is 466 g/mol. The molecule has 8 heteroatoms. The predicted molar refractivity (Wildman–Crippen MR) is 83.7 cm³/mol. The molecule has 0 N–H and O–H groups in total. The Morgan fingerprint density at radius 3 is 1.06 bits per heavy atom. The molecule has 0 saturated carbocycles. The summed E-state index contributed by atoms with van der Waals surface area (Å²) in [5, 5.41) is 0.670. The third-order valence-electron chi connectivity index (χ3n) is 2.79. The maximum Gasteiger partial charge on any atom is 0.270 e. The zero-order chi connectivity index (χ0) is 13.2. The maximum absolute atomic E-state index is 11.8. The van der Waals surface area contributed by atoms with Crippen LogP contribution in [0.15, 0.2) is 31.3 Å². The van der Waals surface area contributed by atoms with Gasteiger partial charge in [-0.3, -0.25) is 19.2 Å². The summed E-state index contributed by atoms with van der Waals surface area (Å²) in [5.41, 5.74) is -1.87. The second-order valence-electron chi connectivity index (χ2n) is 3.73. The molecule has 3 rings (SSSR count). The number of aromatic nitrogens is 2. The number of halogens is 2. The first-order chi connectivity index (χ1) is 8.43. The Balaban J connectivity index is 2.78. The van der Waals surface area contributed by atoms with Gasteiger partial charge >= 0.3 is 0 Å². The average molecular weight is 468 g/mol. The highest BCUT2D eigenvalue weighted by Gasteiger charge is 2.17. The van der Waals surface area contributed by atoms with E-state index < -0.39 is 22.2 Å². The number of benzene rings is 1. The van der Waals surface area contributed by atoms with Crippen molar-refractivity contribution in [1.29, 1.82) is 0 Å². The molecule has 0 aliphatic carbocycles. The lowest BCUT2D eigenvalue weighted by Gasteiger charge is -1.86. The molecule has 1 aromatic carbocycles. The van der Waals surface area contributed by atoms with Crippen molar-refractivity contribution in [3.8, 4) is 0 Å². The number of fused-ring (bicyclic) bond motifs is 2. The van der Waals surface area contributed by atoms with Crippen LogP contribution in [0.25, 0.3) is 21.5 Å². The number of rotatable bonds is 0. The topological polar surface area (TPSA) is 78.1 Å². The Bertz CT molecular complexity index is 862. The minimum absolute atomic E-state index is 0.168. The molecule has 0 atom stereocenters. The summed E-state index contributed by atoms with van der Waals surface area (Å²) in [4.78, 5) is 47.0. The van der Waals surface area contributed by atoms with E-state index in [0.29, 0.717) is 0 Å². The van der Waals surface area contributed by atoms with Crippen LogP contribution in [-0.4, -0.2) is 5.56 Å². The highest BCUT2D eigenvalue weighted by Crippen LogP contribution is 2.15. The molecule has 0 amide bonds. The van der Waals surface area contributed by atoms with Crippen LogP contribution < -0.4 is 22.2 Å². The largest absolute Gasteiger partial charge is 0.270 e. The van der Waals surface area contributed by atoms with E-state index in [4.69, 9.17) is 0 Å². The first-order valence-corrected chi connectivity index (χ1v) is 6.63. The second-order valence-corrected chi connectivity index (χ2v) is 5.66. The van der Waals surface area contributed by atoms with Crippen molar-refractivity contribution in [2.75, 3.05) is 0 Å². The summed E-state index contributed by atoms with van der Waals surface area (Å²) in [6.45, 7) is 0. The van der Waals surface area contributed by atoms with Crippen molar-refractivity contribution in [2.24, 2.45) is 0 Å². The van der Waals surface area contributed by atoms with Crippen LogP contribution in [0.3, 0.4) is 0 Å². The molecule has 18 heavy (non-hydrogen) atoms. The van der Waals surface area contributed by atoms with Crippen molar-refractivity contribution < 1.29 is 0 Å². The fraction of sp³-hybridized carbons (Fsp3) is 0. The van der Waals surface area contributed by atoms with Gasteiger partial charge in [-0.2, -0.15) is 0 Å². The Hall–Kier alpha value is -1.04. The Labute approximate surface area is 126 Å². The molecule has 2 heterocycles. The molecule has 0 saturated heterocycles. The van der Waals surface area contributed by atoms with Crippen LogP contribution in [0.1, 0.15) is 0 Å². The molecule has 2 aromatic heterocycles. The number of hydrogen-bond acceptors (Lipinski definition) is 4. The predicted octanol–water partition coefficient (Wildman–Crippen LogP) is 0.309. The minimum atomic E-state index is -0.467. The molecule has 0 spiro atoms. The third kappa shape index (κ3) is 1.32. The van der Waals surface area contributed by atoms with E-state index in [-0.39, 0.29) is 21.5 Å². The Morgan fingerprint density at radius 1 is 0.611 bits per heavy atom. The van der Waals surface area contributed by atoms with Crippen molar-refractivity contribution >= 4 is 67.3 Å². The molecule has 0 bridgehead atoms. The Kier molecular flexibility index (Phi) is 2.49. The summed E-state index contributed by atoms with van der Waals surface area (Å²) in [5.74, 6) is 0. The monoisotopic (exact) mass is 468 g/mol. The van der Waals surface area contributed by atoms with Crippen molar-refractivity contribution in [2.45, 2.75) is 0 Å². The van der Waals surface area contributed by atoms with Crippen LogP contribution in [0.4, 0.5) is 0 Å². The Morgan fingerprint density at radius 2 is 0.833 bits per heavy atom. The zero-order valence-corrected chi connectivity index (χ0v) is 12.8. The van der Waals surface area contributed by atoms with Gasteiger partial charge in [0, 0.05) is 0 Å². The van der Waals surface area contributed by atoms with Gasteiger partial charge in [0.25, 0.3) is 22.2 Å². The highest BCUT2D eigenvalue weighted by molar-refractivity contribution is 14.1. The average Bonchev–Trinajstić information content (AvgIpc) is 2.71. The molecule has 3 aromatic rings. The number of nitrogens with zero attached hydrogens (tertiary/aromatic N) is 2. The minimum Gasteiger partial charge on any atom is -0.268 e. The van der Waals surface area contributed by atoms with Gasteiger partial charge < -0.3 is 0 Å². The van der Waals surface area contributed by atoms with Gasteiger partial charge in [-0.25, -0.2) is 5.56 Å². The fourth-order valence-corrected chi connectivity index (χ4v) is 2.95. The van der Waals surface area contributed by atoms with E-state index in [1.54, 1.807) is 45.7 Å². The van der Waals surface area contributed by atoms with Crippen molar-refractivity contribution in [3.63, 3.8) is 0 Å². The van der Waals surface area contributed by atoms with E-state index in [2.05, 4.69) is 0 Å². The van der Waals surface area contributed by atoms with E-state index in [1.807, 2.05) is 0 Å². The number of hydrogen-bond donors (Lipinski definition) is 0. The van der Waals surface area contributed by atoms with Crippen LogP contribution in [0.5, 0.6) is 0 Å². The normalized spacial score (nSPS) is 11.7. The first-order valence-electron chi connectivity index (χ1n) is 4.70. The quantitative estimate of drug-likeness (QED) is 0.446. The smallest absolute Gasteiger partial charge is 0.268 e. The molecule has 90 valence electrons. The molecule has 0 aliphatic rings. The zero-order valence-electron chi connectivity index (χ0n) is 8.44. The summed E-state index contributed by atoms with van der Waals surface area (Å²) in [6, 6.07) is 2.64. The van der Waals surface area contributed by atoms with Crippen LogP contribution in [0, 0.1) is 0 Å². The van der Waals surface area contributed by atoms with E-state index in [0.717, 1.165) is 5.56 Å². The van der Waals surface area contributed by atoms with Gasteiger partial charge in [0.2, 0.25) is 0 Å². The lowest BCUT2D eigenvalue weighted by atomic mass is 10.1. The molecule has 0 aliphatic heterocycles. The van der Waals surface area contributed by atoms with Gasteiger partial charge in [0.1, 0.15) is 0 Å². The fourth-order valence-electron chi connectivity index (χ4n) is 1.91. The van der Waals surface area contributed by atoms with E-state index in [9.17, 15) is 19.2 Å². The van der Waals surface area contributed by atoms with Gasteiger partial charge in [-0.15, -0.1) is 0 Å².